The van der Waals surface area contributed by atoms with Crippen LogP contribution < -0.4 is 9.64 Å². The van der Waals surface area contributed by atoms with E-state index in [1.54, 1.807) is 13.2 Å². The third-order valence-corrected chi connectivity index (χ3v) is 4.79. The quantitative estimate of drug-likeness (QED) is 0.618. The highest BCUT2D eigenvalue weighted by atomic mass is 32.2. The van der Waals surface area contributed by atoms with E-state index in [-0.39, 0.29) is 5.91 Å². The number of anilines is 1. The van der Waals surface area contributed by atoms with E-state index in [4.69, 9.17) is 4.74 Å². The number of carbonyl (C=O) groups is 1. The van der Waals surface area contributed by atoms with Crippen molar-refractivity contribution in [2.75, 3.05) is 44.4 Å². The fraction of sp³-hybridized carbons (Fsp3) is 0.389. The fourth-order valence-corrected chi connectivity index (χ4v) is 3.29. The Morgan fingerprint density at radius 2 is 1.80 bits per heavy atom. The van der Waals surface area contributed by atoms with Crippen molar-refractivity contribution in [2.45, 2.75) is 12.1 Å². The van der Waals surface area contributed by atoms with Crippen LogP contribution >= 0.6 is 11.8 Å². The van der Waals surface area contributed by atoms with Gasteiger partial charge in [0.25, 0.3) is 5.91 Å². The van der Waals surface area contributed by atoms with Crippen LogP contribution in [-0.2, 0) is 0 Å². The lowest BCUT2D eigenvalue weighted by molar-refractivity contribution is 0.0739. The molecule has 132 valence electrons. The molecule has 25 heavy (non-hydrogen) atoms. The third-order valence-electron chi connectivity index (χ3n) is 4.24. The summed E-state index contributed by atoms with van der Waals surface area (Å²) in [4.78, 5) is 25.5. The lowest BCUT2D eigenvalue weighted by Crippen LogP contribution is -2.49. The summed E-state index contributed by atoms with van der Waals surface area (Å²) in [6.45, 7) is 4.86. The predicted molar refractivity (Wildman–Crippen MR) is 99.7 cm³/mol. The first-order chi connectivity index (χ1) is 12.1. The number of thioether (sulfide) groups is 1. The van der Waals surface area contributed by atoms with Crippen molar-refractivity contribution in [3.63, 3.8) is 0 Å². The molecule has 2 heterocycles. The van der Waals surface area contributed by atoms with Crippen molar-refractivity contribution in [1.29, 1.82) is 0 Å². The Balaban J connectivity index is 1.65. The van der Waals surface area contributed by atoms with Gasteiger partial charge in [0.05, 0.1) is 7.11 Å². The SMILES string of the molecule is COc1ccc(N2CCN(C(=O)c3cc(C)nc(SC)n3)CC2)cc1. The van der Waals surface area contributed by atoms with Crippen molar-refractivity contribution in [2.24, 2.45) is 0 Å². The van der Waals surface area contributed by atoms with Gasteiger partial charge in [0, 0.05) is 37.6 Å². The molecule has 0 aliphatic carbocycles. The Bertz CT molecular complexity index is 743. The maximum absolute atomic E-state index is 12.7. The normalized spacial score (nSPS) is 14.5. The molecular formula is C18H22N4O2S. The largest absolute Gasteiger partial charge is 0.497 e. The molecule has 0 bridgehead atoms. The number of nitrogens with zero attached hydrogens (tertiary/aromatic N) is 4. The Morgan fingerprint density at radius 1 is 1.12 bits per heavy atom. The lowest BCUT2D eigenvalue weighted by atomic mass is 10.2. The molecule has 0 N–H and O–H groups in total. The zero-order valence-corrected chi connectivity index (χ0v) is 15.5. The molecule has 7 heteroatoms. The summed E-state index contributed by atoms with van der Waals surface area (Å²) in [5.74, 6) is 0.830. The van der Waals surface area contributed by atoms with E-state index in [0.717, 1.165) is 30.2 Å². The molecule has 0 saturated carbocycles. The molecule has 1 aliphatic heterocycles. The van der Waals surface area contributed by atoms with E-state index >= 15 is 0 Å². The van der Waals surface area contributed by atoms with Gasteiger partial charge in [0.15, 0.2) is 5.16 Å². The number of amides is 1. The lowest BCUT2D eigenvalue weighted by Gasteiger charge is -2.36. The summed E-state index contributed by atoms with van der Waals surface area (Å²) < 4.78 is 5.20. The van der Waals surface area contributed by atoms with Crippen molar-refractivity contribution in [3.05, 3.63) is 41.7 Å². The van der Waals surface area contributed by atoms with Gasteiger partial charge in [0.1, 0.15) is 11.4 Å². The van der Waals surface area contributed by atoms with Gasteiger partial charge in [0.2, 0.25) is 0 Å². The minimum absolute atomic E-state index is 0.0184. The van der Waals surface area contributed by atoms with E-state index in [9.17, 15) is 4.79 Å². The van der Waals surface area contributed by atoms with Gasteiger partial charge in [-0.1, -0.05) is 11.8 Å². The summed E-state index contributed by atoms with van der Waals surface area (Å²) in [6, 6.07) is 9.78. The highest BCUT2D eigenvalue weighted by molar-refractivity contribution is 7.98. The van der Waals surface area contributed by atoms with Gasteiger partial charge < -0.3 is 14.5 Å². The first-order valence-corrected chi connectivity index (χ1v) is 9.41. The average molecular weight is 358 g/mol. The van der Waals surface area contributed by atoms with Crippen LogP contribution in [0.2, 0.25) is 0 Å². The molecule has 0 atom stereocenters. The molecule has 1 aromatic carbocycles. The summed E-state index contributed by atoms with van der Waals surface area (Å²) >= 11 is 1.45. The number of hydrogen-bond acceptors (Lipinski definition) is 6. The van der Waals surface area contributed by atoms with Crippen molar-refractivity contribution in [3.8, 4) is 5.75 Å². The highest BCUT2D eigenvalue weighted by Gasteiger charge is 2.23. The summed E-state index contributed by atoms with van der Waals surface area (Å²) in [5, 5.41) is 0.639. The second-order valence-electron chi connectivity index (χ2n) is 5.86. The van der Waals surface area contributed by atoms with Crippen molar-refractivity contribution < 1.29 is 9.53 Å². The Kier molecular flexibility index (Phi) is 5.43. The van der Waals surface area contributed by atoms with Crippen LogP contribution in [0.15, 0.2) is 35.5 Å². The molecule has 2 aromatic rings. The van der Waals surface area contributed by atoms with Crippen LogP contribution in [0.25, 0.3) is 0 Å². The molecule has 0 spiro atoms. The Hall–Kier alpha value is -2.28. The van der Waals surface area contributed by atoms with Crippen LogP contribution in [0.4, 0.5) is 5.69 Å². The fourth-order valence-electron chi connectivity index (χ4n) is 2.86. The maximum atomic E-state index is 12.7. The van der Waals surface area contributed by atoms with Gasteiger partial charge >= 0.3 is 0 Å². The summed E-state index contributed by atoms with van der Waals surface area (Å²) in [6.07, 6.45) is 1.91. The van der Waals surface area contributed by atoms with Crippen LogP contribution in [0.3, 0.4) is 0 Å². The number of ether oxygens (including phenoxy) is 1. The standard InChI is InChI=1S/C18H22N4O2S/c1-13-12-16(20-18(19-13)25-3)17(23)22-10-8-21(9-11-22)14-4-6-15(24-2)7-5-14/h4-7,12H,8-11H2,1-3H3. The zero-order chi connectivity index (χ0) is 17.8. The maximum Gasteiger partial charge on any atom is 0.272 e. The van der Waals surface area contributed by atoms with Gasteiger partial charge in [-0.3, -0.25) is 4.79 Å². The third kappa shape index (κ3) is 4.04. The number of carbonyl (C=O) groups excluding carboxylic acids is 1. The molecule has 6 nitrogen and oxygen atoms in total. The molecule has 1 saturated heterocycles. The summed E-state index contributed by atoms with van der Waals surface area (Å²) in [7, 11) is 1.66. The highest BCUT2D eigenvalue weighted by Crippen LogP contribution is 2.21. The predicted octanol–water partition coefficient (Wildman–Crippen LogP) is 2.48. The van der Waals surface area contributed by atoms with E-state index in [1.807, 2.05) is 30.2 Å². The van der Waals surface area contributed by atoms with E-state index < -0.39 is 0 Å². The Morgan fingerprint density at radius 3 is 2.40 bits per heavy atom. The molecular weight excluding hydrogens is 336 g/mol. The average Bonchev–Trinajstić information content (AvgIpc) is 2.67. The molecule has 3 rings (SSSR count). The van der Waals surface area contributed by atoms with Crippen molar-refractivity contribution in [1.82, 2.24) is 14.9 Å². The molecule has 0 unspecified atom stereocenters. The minimum atomic E-state index is -0.0184. The second-order valence-corrected chi connectivity index (χ2v) is 6.63. The molecule has 0 radical (unpaired) electrons. The van der Waals surface area contributed by atoms with Gasteiger partial charge in [-0.2, -0.15) is 0 Å². The van der Waals surface area contributed by atoms with E-state index in [2.05, 4.69) is 27.0 Å². The Labute approximate surface area is 152 Å². The number of benzene rings is 1. The van der Waals surface area contributed by atoms with Crippen LogP contribution in [0, 0.1) is 6.92 Å². The van der Waals surface area contributed by atoms with Gasteiger partial charge in [-0.25, -0.2) is 9.97 Å². The minimum Gasteiger partial charge on any atom is -0.497 e. The second kappa shape index (κ2) is 7.74. The molecule has 1 fully saturated rings. The number of methoxy groups -OCH3 is 1. The van der Waals surface area contributed by atoms with E-state index in [1.165, 1.54) is 11.8 Å². The number of aryl methyl sites for hydroxylation is 1. The van der Waals surface area contributed by atoms with Crippen molar-refractivity contribution >= 4 is 23.4 Å². The smallest absolute Gasteiger partial charge is 0.272 e. The first kappa shape index (κ1) is 17.5. The van der Waals surface area contributed by atoms with Crippen LogP contribution in [-0.4, -0.2) is 60.3 Å². The van der Waals surface area contributed by atoms with E-state index in [0.29, 0.717) is 23.9 Å². The number of hydrogen-bond donors (Lipinski definition) is 0. The van der Waals surface area contributed by atoms with Gasteiger partial charge in [-0.05, 0) is 43.5 Å². The molecule has 1 aliphatic rings. The number of piperazine rings is 1. The summed E-state index contributed by atoms with van der Waals surface area (Å²) in [5.41, 5.74) is 2.45. The first-order valence-electron chi connectivity index (χ1n) is 8.18. The van der Waals surface area contributed by atoms with Crippen LogP contribution in [0.5, 0.6) is 5.75 Å². The topological polar surface area (TPSA) is 58.6 Å². The molecule has 1 aromatic heterocycles. The van der Waals surface area contributed by atoms with Crippen LogP contribution in [0.1, 0.15) is 16.2 Å². The molecule has 1 amide bonds. The monoisotopic (exact) mass is 358 g/mol. The number of rotatable bonds is 4. The zero-order valence-electron chi connectivity index (χ0n) is 14.7. The number of aromatic nitrogens is 2. The van der Waals surface area contributed by atoms with Gasteiger partial charge in [-0.15, -0.1) is 0 Å².